The summed E-state index contributed by atoms with van der Waals surface area (Å²) in [6.07, 6.45) is 5.27. The number of benzene rings is 2. The number of halogens is 1. The summed E-state index contributed by atoms with van der Waals surface area (Å²) in [5, 5.41) is 3.97. The second kappa shape index (κ2) is 12.5. The van der Waals surface area contributed by atoms with Gasteiger partial charge in [-0.25, -0.2) is 4.39 Å². The lowest BCUT2D eigenvalue weighted by Crippen LogP contribution is -2.32. The van der Waals surface area contributed by atoms with Crippen LogP contribution in [-0.2, 0) is 4.79 Å². The molecule has 1 amide bonds. The number of allylic oxidation sites excluding steroid dienone is 1. The Balaban J connectivity index is 1.80. The number of nitrogens with one attached hydrogen (secondary N) is 1. The summed E-state index contributed by atoms with van der Waals surface area (Å²) >= 11 is 0. The summed E-state index contributed by atoms with van der Waals surface area (Å²) in [6.45, 7) is 13.8. The summed E-state index contributed by atoms with van der Waals surface area (Å²) in [6, 6.07) is 10.3. The van der Waals surface area contributed by atoms with Gasteiger partial charge in [-0.2, -0.15) is 0 Å². The van der Waals surface area contributed by atoms with E-state index in [2.05, 4.69) is 24.1 Å². The molecule has 1 aromatic heterocycles. The lowest BCUT2D eigenvalue weighted by atomic mass is 9.99. The number of hydrogen-bond donors (Lipinski definition) is 1. The van der Waals surface area contributed by atoms with E-state index in [9.17, 15) is 9.18 Å². The van der Waals surface area contributed by atoms with Crippen molar-refractivity contribution in [2.45, 2.75) is 53.5 Å². The van der Waals surface area contributed by atoms with Crippen molar-refractivity contribution in [3.63, 3.8) is 0 Å². The van der Waals surface area contributed by atoms with Gasteiger partial charge in [0.1, 0.15) is 17.1 Å². The lowest BCUT2D eigenvalue weighted by Gasteiger charge is -2.19. The van der Waals surface area contributed by atoms with Gasteiger partial charge in [-0.05, 0) is 82.6 Å². The van der Waals surface area contributed by atoms with E-state index in [-0.39, 0.29) is 17.8 Å². The fourth-order valence-electron chi connectivity index (χ4n) is 4.28. The first-order valence-corrected chi connectivity index (χ1v) is 12.5. The fourth-order valence-corrected chi connectivity index (χ4v) is 4.28. The van der Waals surface area contributed by atoms with Crippen molar-refractivity contribution >= 4 is 22.4 Å². The standard InChI is InChI=1S/C29H37FN2O3/c1-6-32(7-2)15-9-10-21(5)31-29(33)16-20(4)24-17-25-26(22-11-13-23(30)14-12-22)19-35-28(25)18-27(24)34-8-3/h11-14,16-19,21H,6-10,15H2,1-5H3,(H,31,33)/b20-16+. The van der Waals surface area contributed by atoms with E-state index < -0.39 is 0 Å². The molecule has 0 aliphatic heterocycles. The first-order chi connectivity index (χ1) is 16.9. The molecule has 1 unspecified atom stereocenters. The summed E-state index contributed by atoms with van der Waals surface area (Å²) < 4.78 is 25.1. The topological polar surface area (TPSA) is 54.7 Å². The Morgan fingerprint density at radius 3 is 2.54 bits per heavy atom. The van der Waals surface area contributed by atoms with Gasteiger partial charge < -0.3 is 19.4 Å². The molecular formula is C29H37FN2O3. The summed E-state index contributed by atoms with van der Waals surface area (Å²) in [5.41, 5.74) is 4.03. The second-order valence-corrected chi connectivity index (χ2v) is 8.84. The zero-order chi connectivity index (χ0) is 25.4. The minimum absolute atomic E-state index is 0.0925. The largest absolute Gasteiger partial charge is 0.493 e. The molecule has 0 aliphatic rings. The molecule has 2 aromatic carbocycles. The predicted octanol–water partition coefficient (Wildman–Crippen LogP) is 6.67. The number of carbonyl (C=O) groups is 1. The van der Waals surface area contributed by atoms with Gasteiger partial charge in [0.2, 0.25) is 5.91 Å². The molecule has 0 bridgehead atoms. The number of nitrogens with zero attached hydrogens (tertiary/aromatic N) is 1. The molecule has 0 saturated heterocycles. The van der Waals surface area contributed by atoms with Gasteiger partial charge in [-0.1, -0.05) is 26.0 Å². The van der Waals surface area contributed by atoms with Crippen molar-refractivity contribution in [3.05, 3.63) is 60.1 Å². The maximum Gasteiger partial charge on any atom is 0.244 e. The summed E-state index contributed by atoms with van der Waals surface area (Å²) in [4.78, 5) is 15.1. The van der Waals surface area contributed by atoms with Crippen molar-refractivity contribution in [2.75, 3.05) is 26.2 Å². The normalized spacial score (nSPS) is 12.8. The van der Waals surface area contributed by atoms with Gasteiger partial charge in [-0.15, -0.1) is 0 Å². The third kappa shape index (κ3) is 6.95. The third-order valence-corrected chi connectivity index (χ3v) is 6.30. The van der Waals surface area contributed by atoms with E-state index in [0.29, 0.717) is 17.9 Å². The molecule has 0 saturated carbocycles. The Morgan fingerprint density at radius 1 is 1.17 bits per heavy atom. The highest BCUT2D eigenvalue weighted by Gasteiger charge is 2.16. The molecule has 1 N–H and O–H groups in total. The van der Waals surface area contributed by atoms with Crippen LogP contribution in [0.15, 0.2) is 53.2 Å². The number of amides is 1. The van der Waals surface area contributed by atoms with Crippen LogP contribution in [-0.4, -0.2) is 43.1 Å². The predicted molar refractivity (Wildman–Crippen MR) is 141 cm³/mol. The smallest absolute Gasteiger partial charge is 0.244 e. The maximum absolute atomic E-state index is 13.4. The SMILES string of the molecule is CCOc1cc2occ(-c3ccc(F)cc3)c2cc1/C(C)=C/C(=O)NC(C)CCCN(CC)CC. The van der Waals surface area contributed by atoms with E-state index in [0.717, 1.165) is 60.1 Å². The van der Waals surface area contributed by atoms with Crippen molar-refractivity contribution in [3.8, 4) is 16.9 Å². The molecule has 0 radical (unpaired) electrons. The van der Waals surface area contributed by atoms with Crippen molar-refractivity contribution in [1.29, 1.82) is 0 Å². The Bertz CT molecular complexity index is 1150. The fraction of sp³-hybridized carbons (Fsp3) is 0.414. The van der Waals surface area contributed by atoms with E-state index in [1.807, 2.05) is 32.9 Å². The highest BCUT2D eigenvalue weighted by atomic mass is 19.1. The molecule has 188 valence electrons. The average molecular weight is 481 g/mol. The molecule has 1 atom stereocenters. The number of ether oxygens (including phenoxy) is 1. The first kappa shape index (κ1) is 26.5. The van der Waals surface area contributed by atoms with Crippen LogP contribution in [0.3, 0.4) is 0 Å². The van der Waals surface area contributed by atoms with Gasteiger partial charge in [0, 0.05) is 34.7 Å². The molecule has 35 heavy (non-hydrogen) atoms. The molecule has 3 rings (SSSR count). The Hall–Kier alpha value is -3.12. The third-order valence-electron chi connectivity index (χ3n) is 6.30. The van der Waals surface area contributed by atoms with Gasteiger partial charge in [0.15, 0.2) is 0 Å². The second-order valence-electron chi connectivity index (χ2n) is 8.84. The molecule has 3 aromatic rings. The van der Waals surface area contributed by atoms with E-state index in [1.54, 1.807) is 24.5 Å². The van der Waals surface area contributed by atoms with Crippen LogP contribution in [0, 0.1) is 5.82 Å². The van der Waals surface area contributed by atoms with Crippen LogP contribution in [0.4, 0.5) is 4.39 Å². The molecular weight excluding hydrogens is 443 g/mol. The Kier molecular flexibility index (Phi) is 9.49. The quantitative estimate of drug-likeness (QED) is 0.294. The minimum atomic E-state index is -0.284. The van der Waals surface area contributed by atoms with Gasteiger partial charge in [0.25, 0.3) is 0 Å². The molecule has 6 heteroatoms. The van der Waals surface area contributed by atoms with Crippen molar-refractivity contribution < 1.29 is 18.3 Å². The minimum Gasteiger partial charge on any atom is -0.493 e. The maximum atomic E-state index is 13.4. The number of carbonyl (C=O) groups excluding carboxylic acids is 1. The highest BCUT2D eigenvalue weighted by Crippen LogP contribution is 2.37. The Labute approximate surface area is 207 Å². The summed E-state index contributed by atoms with van der Waals surface area (Å²) in [7, 11) is 0. The molecule has 5 nitrogen and oxygen atoms in total. The van der Waals surface area contributed by atoms with Crippen LogP contribution in [0.25, 0.3) is 27.7 Å². The van der Waals surface area contributed by atoms with Crippen molar-refractivity contribution in [2.24, 2.45) is 0 Å². The van der Waals surface area contributed by atoms with Crippen LogP contribution < -0.4 is 10.1 Å². The van der Waals surface area contributed by atoms with Gasteiger partial charge >= 0.3 is 0 Å². The summed E-state index contributed by atoms with van der Waals surface area (Å²) in [5.74, 6) is 0.258. The van der Waals surface area contributed by atoms with Crippen LogP contribution in [0.5, 0.6) is 5.75 Å². The van der Waals surface area contributed by atoms with Gasteiger partial charge in [0.05, 0.1) is 12.9 Å². The van der Waals surface area contributed by atoms with Crippen LogP contribution in [0.2, 0.25) is 0 Å². The first-order valence-electron chi connectivity index (χ1n) is 12.5. The number of hydrogen-bond acceptors (Lipinski definition) is 4. The number of furan rings is 1. The zero-order valence-electron chi connectivity index (χ0n) is 21.5. The average Bonchev–Trinajstić information content (AvgIpc) is 3.24. The number of rotatable bonds is 12. The molecule has 1 heterocycles. The zero-order valence-corrected chi connectivity index (χ0v) is 21.5. The lowest BCUT2D eigenvalue weighted by molar-refractivity contribution is -0.117. The molecule has 0 aliphatic carbocycles. The number of fused-ring (bicyclic) bond motifs is 1. The Morgan fingerprint density at radius 2 is 1.89 bits per heavy atom. The monoisotopic (exact) mass is 480 g/mol. The van der Waals surface area contributed by atoms with Crippen molar-refractivity contribution in [1.82, 2.24) is 10.2 Å². The van der Waals surface area contributed by atoms with E-state index >= 15 is 0 Å². The highest BCUT2D eigenvalue weighted by molar-refractivity contribution is 6.00. The van der Waals surface area contributed by atoms with Crippen LogP contribution in [0.1, 0.15) is 53.0 Å². The van der Waals surface area contributed by atoms with E-state index in [4.69, 9.17) is 9.15 Å². The molecule has 0 fully saturated rings. The van der Waals surface area contributed by atoms with E-state index in [1.165, 1.54) is 12.1 Å². The van der Waals surface area contributed by atoms with Gasteiger partial charge in [-0.3, -0.25) is 4.79 Å². The molecule has 0 spiro atoms. The van der Waals surface area contributed by atoms with Crippen LogP contribution >= 0.6 is 0 Å².